The van der Waals surface area contributed by atoms with Crippen LogP contribution in [0.3, 0.4) is 0 Å². The molecular weight excluding hydrogens is 174 g/mol. The summed E-state index contributed by atoms with van der Waals surface area (Å²) in [6.45, 7) is 5.19. The number of hydrogen-bond acceptors (Lipinski definition) is 2. The molecule has 0 aromatic carbocycles. The number of hydrogen-bond donors (Lipinski definition) is 1. The predicted molar refractivity (Wildman–Crippen MR) is 60.3 cm³/mol. The van der Waals surface area contributed by atoms with Crippen molar-refractivity contribution >= 4 is 0 Å². The number of aliphatic hydroxyl groups excluding tert-OH is 1. The van der Waals surface area contributed by atoms with Crippen molar-refractivity contribution < 1.29 is 5.11 Å². The molecule has 1 saturated carbocycles. The van der Waals surface area contributed by atoms with Crippen LogP contribution in [0, 0.1) is 0 Å². The van der Waals surface area contributed by atoms with E-state index in [4.69, 9.17) is 0 Å². The van der Waals surface area contributed by atoms with Crippen LogP contribution in [-0.2, 0) is 0 Å². The van der Waals surface area contributed by atoms with Crippen molar-refractivity contribution in [2.45, 2.75) is 51.7 Å². The van der Waals surface area contributed by atoms with Gasteiger partial charge in [-0.1, -0.05) is 24.5 Å². The van der Waals surface area contributed by atoms with Crippen LogP contribution in [0.1, 0.15) is 39.5 Å². The van der Waals surface area contributed by atoms with E-state index in [2.05, 4.69) is 31.9 Å². The van der Waals surface area contributed by atoms with Gasteiger partial charge < -0.3 is 5.11 Å². The smallest absolute Gasteiger partial charge is 0.0695 e. The first-order valence-electron chi connectivity index (χ1n) is 5.63. The van der Waals surface area contributed by atoms with Crippen molar-refractivity contribution in [2.24, 2.45) is 0 Å². The third kappa shape index (κ3) is 3.43. The molecule has 1 rings (SSSR count). The Bertz CT molecular complexity index is 196. The van der Waals surface area contributed by atoms with Crippen LogP contribution in [0.25, 0.3) is 0 Å². The molecule has 82 valence electrons. The molecule has 1 N–H and O–H groups in total. The average molecular weight is 197 g/mol. The van der Waals surface area contributed by atoms with Gasteiger partial charge in [-0.25, -0.2) is 0 Å². The lowest BCUT2D eigenvalue weighted by Crippen LogP contribution is -2.43. The maximum absolute atomic E-state index is 9.84. The normalized spacial score (nSPS) is 27.8. The lowest BCUT2D eigenvalue weighted by atomic mass is 9.91. The molecule has 0 amide bonds. The number of allylic oxidation sites excluding steroid dienone is 1. The van der Waals surface area contributed by atoms with Gasteiger partial charge in [0.15, 0.2) is 0 Å². The minimum atomic E-state index is -0.112. The molecule has 0 aromatic rings. The van der Waals surface area contributed by atoms with E-state index in [0.717, 1.165) is 19.4 Å². The fourth-order valence-corrected chi connectivity index (χ4v) is 2.07. The Balaban J connectivity index is 2.41. The van der Waals surface area contributed by atoms with Gasteiger partial charge in [0.05, 0.1) is 6.10 Å². The lowest BCUT2D eigenvalue weighted by molar-refractivity contribution is 0.0372. The maximum Gasteiger partial charge on any atom is 0.0695 e. The molecule has 1 aliphatic rings. The van der Waals surface area contributed by atoms with Gasteiger partial charge in [0, 0.05) is 12.6 Å². The molecule has 0 heterocycles. The average Bonchev–Trinajstić information content (AvgIpc) is 2.15. The van der Waals surface area contributed by atoms with Crippen LogP contribution in [0.15, 0.2) is 11.6 Å². The summed E-state index contributed by atoms with van der Waals surface area (Å²) >= 11 is 0. The third-order valence-corrected chi connectivity index (χ3v) is 3.05. The Kier molecular flexibility index (Phi) is 4.63. The van der Waals surface area contributed by atoms with E-state index in [1.807, 2.05) is 0 Å². The van der Waals surface area contributed by atoms with Gasteiger partial charge in [0.1, 0.15) is 0 Å². The van der Waals surface area contributed by atoms with E-state index in [1.165, 1.54) is 18.4 Å². The van der Waals surface area contributed by atoms with E-state index in [-0.39, 0.29) is 6.10 Å². The highest BCUT2D eigenvalue weighted by Gasteiger charge is 2.25. The van der Waals surface area contributed by atoms with Crippen LogP contribution in [0.4, 0.5) is 0 Å². The summed E-state index contributed by atoms with van der Waals surface area (Å²) in [4.78, 5) is 2.27. The van der Waals surface area contributed by atoms with E-state index in [0.29, 0.717) is 6.04 Å². The highest BCUT2D eigenvalue weighted by Crippen LogP contribution is 2.22. The van der Waals surface area contributed by atoms with Crippen LogP contribution >= 0.6 is 0 Å². The van der Waals surface area contributed by atoms with Gasteiger partial charge in [-0.05, 0) is 33.7 Å². The Morgan fingerprint density at radius 1 is 1.36 bits per heavy atom. The van der Waals surface area contributed by atoms with Crippen molar-refractivity contribution in [3.63, 3.8) is 0 Å². The van der Waals surface area contributed by atoms with Gasteiger partial charge in [-0.15, -0.1) is 0 Å². The highest BCUT2D eigenvalue weighted by atomic mass is 16.3. The third-order valence-electron chi connectivity index (χ3n) is 3.05. The number of aliphatic hydroxyl groups is 1. The minimum Gasteiger partial charge on any atom is -0.391 e. The molecule has 14 heavy (non-hydrogen) atoms. The topological polar surface area (TPSA) is 23.5 Å². The number of likely N-dealkylation sites (N-methyl/N-ethyl adjacent to an activating group) is 1. The number of rotatable bonds is 3. The summed E-state index contributed by atoms with van der Waals surface area (Å²) in [6, 6.07) is 0.374. The maximum atomic E-state index is 9.84. The Morgan fingerprint density at radius 3 is 2.57 bits per heavy atom. The second-order valence-corrected chi connectivity index (χ2v) is 4.64. The second-order valence-electron chi connectivity index (χ2n) is 4.64. The second kappa shape index (κ2) is 5.52. The quantitative estimate of drug-likeness (QED) is 0.701. The molecule has 1 aliphatic carbocycles. The first kappa shape index (κ1) is 11.7. The molecule has 2 nitrogen and oxygen atoms in total. The Hall–Kier alpha value is -0.340. The van der Waals surface area contributed by atoms with Crippen LogP contribution in [-0.4, -0.2) is 35.7 Å². The van der Waals surface area contributed by atoms with Crippen molar-refractivity contribution in [3.05, 3.63) is 11.6 Å². The van der Waals surface area contributed by atoms with Gasteiger partial charge in [-0.3, -0.25) is 4.90 Å². The van der Waals surface area contributed by atoms with Gasteiger partial charge in [0.2, 0.25) is 0 Å². The van der Waals surface area contributed by atoms with Gasteiger partial charge >= 0.3 is 0 Å². The van der Waals surface area contributed by atoms with E-state index < -0.39 is 0 Å². The zero-order valence-corrected chi connectivity index (χ0v) is 9.66. The first-order valence-corrected chi connectivity index (χ1v) is 5.63. The zero-order chi connectivity index (χ0) is 10.6. The molecule has 0 aliphatic heterocycles. The van der Waals surface area contributed by atoms with Crippen LogP contribution < -0.4 is 0 Å². The Morgan fingerprint density at radius 2 is 2.00 bits per heavy atom. The van der Waals surface area contributed by atoms with E-state index in [1.54, 1.807) is 0 Å². The molecule has 2 unspecified atom stereocenters. The molecule has 0 bridgehead atoms. The highest BCUT2D eigenvalue weighted by molar-refractivity contribution is 4.96. The molecule has 1 fully saturated rings. The summed E-state index contributed by atoms with van der Waals surface area (Å²) < 4.78 is 0. The van der Waals surface area contributed by atoms with Crippen LogP contribution in [0.5, 0.6) is 0 Å². The van der Waals surface area contributed by atoms with Crippen molar-refractivity contribution in [3.8, 4) is 0 Å². The van der Waals surface area contributed by atoms with E-state index in [9.17, 15) is 5.11 Å². The van der Waals surface area contributed by atoms with E-state index >= 15 is 0 Å². The summed E-state index contributed by atoms with van der Waals surface area (Å²) in [5, 5.41) is 9.84. The largest absolute Gasteiger partial charge is 0.391 e. The van der Waals surface area contributed by atoms with Crippen LogP contribution in [0.2, 0.25) is 0 Å². The first-order chi connectivity index (χ1) is 6.61. The molecule has 2 atom stereocenters. The van der Waals surface area contributed by atoms with Crippen molar-refractivity contribution in [1.82, 2.24) is 4.90 Å². The zero-order valence-electron chi connectivity index (χ0n) is 9.66. The fourth-order valence-electron chi connectivity index (χ4n) is 2.07. The molecule has 0 saturated heterocycles. The predicted octanol–water partition coefficient (Wildman–Crippen LogP) is 2.19. The summed E-state index contributed by atoms with van der Waals surface area (Å²) in [5.41, 5.74) is 1.35. The standard InChI is InChI=1S/C12H23NO/c1-10(2)8-9-13(3)11-6-4-5-7-12(11)14/h8,11-12,14H,4-7,9H2,1-3H3. The van der Waals surface area contributed by atoms with Crippen molar-refractivity contribution in [1.29, 1.82) is 0 Å². The minimum absolute atomic E-state index is 0.112. The molecular formula is C12H23NO. The number of nitrogens with zero attached hydrogens (tertiary/aromatic N) is 1. The summed E-state index contributed by atoms with van der Waals surface area (Å²) in [5.74, 6) is 0. The Labute approximate surface area is 87.6 Å². The SMILES string of the molecule is CC(C)=CCN(C)C1CCCCC1O. The molecule has 0 radical (unpaired) electrons. The molecule has 0 spiro atoms. The molecule has 0 aromatic heterocycles. The lowest BCUT2D eigenvalue weighted by Gasteiger charge is -2.34. The molecule has 2 heteroatoms. The fraction of sp³-hybridized carbons (Fsp3) is 0.833. The summed E-state index contributed by atoms with van der Waals surface area (Å²) in [6.07, 6.45) is 6.69. The van der Waals surface area contributed by atoms with Crippen molar-refractivity contribution in [2.75, 3.05) is 13.6 Å². The monoisotopic (exact) mass is 197 g/mol. The summed E-state index contributed by atoms with van der Waals surface area (Å²) in [7, 11) is 2.11. The van der Waals surface area contributed by atoms with Gasteiger partial charge in [-0.2, -0.15) is 0 Å². The van der Waals surface area contributed by atoms with Gasteiger partial charge in [0.25, 0.3) is 0 Å².